The first kappa shape index (κ1) is 14.2. The van der Waals surface area contributed by atoms with Crippen molar-refractivity contribution >= 4 is 0 Å². The molecule has 1 atom stereocenters. The Kier molecular flexibility index (Phi) is 4.80. The maximum Gasteiger partial charge on any atom is 0.123 e. The van der Waals surface area contributed by atoms with Crippen molar-refractivity contribution in [2.24, 2.45) is 0 Å². The summed E-state index contributed by atoms with van der Waals surface area (Å²) in [6.07, 6.45) is 4.37. The van der Waals surface area contributed by atoms with Crippen molar-refractivity contribution < 1.29 is 4.39 Å². The van der Waals surface area contributed by atoms with E-state index < -0.39 is 0 Å². The van der Waals surface area contributed by atoms with Gasteiger partial charge in [0.1, 0.15) is 11.9 Å². The highest BCUT2D eigenvalue weighted by Crippen LogP contribution is 2.19. The van der Waals surface area contributed by atoms with Crippen molar-refractivity contribution in [3.05, 3.63) is 65.7 Å². The van der Waals surface area contributed by atoms with Crippen molar-refractivity contribution in [1.29, 1.82) is 5.26 Å². The van der Waals surface area contributed by atoms with Crippen molar-refractivity contribution in [3.8, 4) is 6.07 Å². The van der Waals surface area contributed by atoms with Crippen molar-refractivity contribution in [2.45, 2.75) is 12.5 Å². The van der Waals surface area contributed by atoms with Gasteiger partial charge in [-0.25, -0.2) is 4.39 Å². The predicted octanol–water partition coefficient (Wildman–Crippen LogP) is 2.96. The first-order valence-corrected chi connectivity index (χ1v) is 6.45. The van der Waals surface area contributed by atoms with Crippen molar-refractivity contribution in [1.82, 2.24) is 9.88 Å². The Hall–Kier alpha value is -2.25. The molecular weight excluding hydrogens is 253 g/mol. The minimum atomic E-state index is -0.363. The highest BCUT2D eigenvalue weighted by atomic mass is 19.1. The first-order valence-electron chi connectivity index (χ1n) is 6.45. The third kappa shape index (κ3) is 3.62. The minimum absolute atomic E-state index is 0.287. The molecule has 20 heavy (non-hydrogen) atoms. The van der Waals surface area contributed by atoms with Gasteiger partial charge in [0.2, 0.25) is 0 Å². The van der Waals surface area contributed by atoms with E-state index in [4.69, 9.17) is 0 Å². The molecule has 1 aromatic carbocycles. The van der Waals surface area contributed by atoms with Crippen LogP contribution in [0.2, 0.25) is 0 Å². The number of nitriles is 1. The lowest BCUT2D eigenvalue weighted by atomic mass is 10.1. The summed E-state index contributed by atoms with van der Waals surface area (Å²) in [5.41, 5.74) is 1.99. The van der Waals surface area contributed by atoms with E-state index in [9.17, 15) is 9.65 Å². The number of rotatable bonds is 5. The molecule has 4 heteroatoms. The highest BCUT2D eigenvalue weighted by Gasteiger charge is 2.16. The summed E-state index contributed by atoms with van der Waals surface area (Å²) in [4.78, 5) is 5.94. The van der Waals surface area contributed by atoms with Crippen LogP contribution in [0.4, 0.5) is 4.39 Å². The van der Waals surface area contributed by atoms with Crippen LogP contribution in [0.25, 0.3) is 0 Å². The van der Waals surface area contributed by atoms with Crippen LogP contribution in [0.1, 0.15) is 17.2 Å². The van der Waals surface area contributed by atoms with Gasteiger partial charge in [0.15, 0.2) is 0 Å². The van der Waals surface area contributed by atoms with E-state index >= 15 is 0 Å². The molecule has 0 aliphatic heterocycles. The van der Waals surface area contributed by atoms with E-state index in [1.54, 1.807) is 24.5 Å². The molecule has 0 saturated carbocycles. The van der Waals surface area contributed by atoms with Crippen LogP contribution >= 0.6 is 0 Å². The van der Waals surface area contributed by atoms with Gasteiger partial charge in [0.25, 0.3) is 0 Å². The van der Waals surface area contributed by atoms with Gasteiger partial charge in [-0.1, -0.05) is 12.1 Å². The monoisotopic (exact) mass is 269 g/mol. The van der Waals surface area contributed by atoms with Gasteiger partial charge in [-0.05, 0) is 48.9 Å². The zero-order valence-electron chi connectivity index (χ0n) is 11.3. The summed E-state index contributed by atoms with van der Waals surface area (Å²) in [6.45, 7) is 0.750. The number of nitrogens with zero attached hydrogens (tertiary/aromatic N) is 3. The predicted molar refractivity (Wildman–Crippen MR) is 75.3 cm³/mol. The Morgan fingerprint density at radius 1 is 1.20 bits per heavy atom. The van der Waals surface area contributed by atoms with Crippen LogP contribution in [0.5, 0.6) is 0 Å². The standard InChI is InChI=1S/C16H16FN3/c1-20(11-8-13-6-9-19-10-7-13)16(12-18)14-2-4-15(17)5-3-14/h2-7,9-10,16H,8,11H2,1H3. The van der Waals surface area contributed by atoms with Gasteiger partial charge in [-0.3, -0.25) is 9.88 Å². The Labute approximate surface area is 118 Å². The molecule has 0 amide bonds. The molecule has 0 bridgehead atoms. The molecule has 0 aliphatic rings. The SMILES string of the molecule is CN(CCc1ccncc1)C(C#N)c1ccc(F)cc1. The lowest BCUT2D eigenvalue weighted by Gasteiger charge is -2.22. The zero-order valence-corrected chi connectivity index (χ0v) is 11.3. The molecule has 2 aromatic rings. The van der Waals surface area contributed by atoms with Gasteiger partial charge in [-0.15, -0.1) is 0 Å². The number of hydrogen-bond acceptors (Lipinski definition) is 3. The molecule has 0 N–H and O–H groups in total. The van der Waals surface area contributed by atoms with Gasteiger partial charge in [0.05, 0.1) is 6.07 Å². The number of likely N-dealkylation sites (N-methyl/N-ethyl adjacent to an activating group) is 1. The van der Waals surface area contributed by atoms with Crippen LogP contribution in [0.15, 0.2) is 48.8 Å². The smallest absolute Gasteiger partial charge is 0.123 e. The molecule has 102 valence electrons. The second-order valence-electron chi connectivity index (χ2n) is 4.67. The molecular formula is C16H16FN3. The average molecular weight is 269 g/mol. The third-order valence-electron chi connectivity index (χ3n) is 3.25. The molecule has 1 aromatic heterocycles. The molecule has 1 heterocycles. The molecule has 0 saturated heterocycles. The summed E-state index contributed by atoms with van der Waals surface area (Å²) in [5, 5.41) is 9.32. The number of benzene rings is 1. The Morgan fingerprint density at radius 3 is 2.45 bits per heavy atom. The fourth-order valence-corrected chi connectivity index (χ4v) is 2.06. The quantitative estimate of drug-likeness (QED) is 0.837. The average Bonchev–Trinajstić information content (AvgIpc) is 2.49. The van der Waals surface area contributed by atoms with Crippen LogP contribution in [-0.2, 0) is 6.42 Å². The second kappa shape index (κ2) is 6.78. The highest BCUT2D eigenvalue weighted by molar-refractivity contribution is 5.24. The van der Waals surface area contributed by atoms with Gasteiger partial charge < -0.3 is 0 Å². The first-order chi connectivity index (χ1) is 9.70. The summed E-state index contributed by atoms with van der Waals surface area (Å²) in [6, 6.07) is 11.9. The van der Waals surface area contributed by atoms with E-state index in [1.807, 2.05) is 24.1 Å². The zero-order chi connectivity index (χ0) is 14.4. The number of aromatic nitrogens is 1. The van der Waals surface area contributed by atoms with Crippen LogP contribution in [0.3, 0.4) is 0 Å². The molecule has 2 rings (SSSR count). The maximum atomic E-state index is 12.9. The summed E-state index contributed by atoms with van der Waals surface area (Å²) in [5.74, 6) is -0.287. The fourth-order valence-electron chi connectivity index (χ4n) is 2.06. The molecule has 1 unspecified atom stereocenters. The van der Waals surface area contributed by atoms with E-state index in [0.717, 1.165) is 18.5 Å². The summed E-state index contributed by atoms with van der Waals surface area (Å²) < 4.78 is 12.9. The van der Waals surface area contributed by atoms with Crippen molar-refractivity contribution in [2.75, 3.05) is 13.6 Å². The van der Waals surface area contributed by atoms with E-state index in [0.29, 0.717) is 0 Å². The Bertz CT molecular complexity index is 575. The van der Waals surface area contributed by atoms with E-state index in [-0.39, 0.29) is 11.9 Å². The molecule has 0 fully saturated rings. The minimum Gasteiger partial charge on any atom is -0.287 e. The summed E-state index contributed by atoms with van der Waals surface area (Å²) in [7, 11) is 1.90. The topological polar surface area (TPSA) is 39.9 Å². The second-order valence-corrected chi connectivity index (χ2v) is 4.67. The lowest BCUT2D eigenvalue weighted by molar-refractivity contribution is 0.295. The Morgan fingerprint density at radius 2 is 1.85 bits per heavy atom. The van der Waals surface area contributed by atoms with E-state index in [1.165, 1.54) is 17.7 Å². The van der Waals surface area contributed by atoms with E-state index in [2.05, 4.69) is 11.1 Å². The fraction of sp³-hybridized carbons (Fsp3) is 0.250. The lowest BCUT2D eigenvalue weighted by Crippen LogP contribution is -2.25. The number of halogens is 1. The maximum absolute atomic E-state index is 12.9. The van der Waals surface area contributed by atoms with Crippen LogP contribution in [-0.4, -0.2) is 23.5 Å². The Balaban J connectivity index is 2.01. The molecule has 3 nitrogen and oxygen atoms in total. The molecule has 0 radical (unpaired) electrons. The van der Waals surface area contributed by atoms with Gasteiger partial charge >= 0.3 is 0 Å². The third-order valence-corrected chi connectivity index (χ3v) is 3.25. The van der Waals surface area contributed by atoms with Gasteiger partial charge in [-0.2, -0.15) is 5.26 Å². The normalized spacial score (nSPS) is 12.1. The van der Waals surface area contributed by atoms with Crippen LogP contribution < -0.4 is 0 Å². The van der Waals surface area contributed by atoms with Gasteiger partial charge in [0, 0.05) is 18.9 Å². The number of pyridine rings is 1. The molecule has 0 spiro atoms. The summed E-state index contributed by atoms with van der Waals surface area (Å²) >= 11 is 0. The van der Waals surface area contributed by atoms with Crippen molar-refractivity contribution in [3.63, 3.8) is 0 Å². The van der Waals surface area contributed by atoms with Crippen LogP contribution in [0, 0.1) is 17.1 Å². The molecule has 0 aliphatic carbocycles. The number of hydrogen-bond donors (Lipinski definition) is 0. The largest absolute Gasteiger partial charge is 0.287 e.